The molecule has 94 valence electrons. The molecular formula is C12H24N2OS. The molecule has 3 atom stereocenters. The molecule has 2 aliphatic heterocycles. The number of aliphatic hydroxyl groups is 1. The molecule has 2 bridgehead atoms. The van der Waals surface area contributed by atoms with Gasteiger partial charge in [-0.25, -0.2) is 0 Å². The molecule has 0 aromatic carbocycles. The van der Waals surface area contributed by atoms with Crippen LogP contribution >= 0.6 is 11.8 Å². The van der Waals surface area contributed by atoms with Crippen LogP contribution in [0.4, 0.5) is 0 Å². The van der Waals surface area contributed by atoms with Crippen LogP contribution in [-0.2, 0) is 0 Å². The quantitative estimate of drug-likeness (QED) is 0.649. The van der Waals surface area contributed by atoms with Gasteiger partial charge in [0.1, 0.15) is 0 Å². The summed E-state index contributed by atoms with van der Waals surface area (Å²) in [5.74, 6) is 3.20. The highest BCUT2D eigenvalue weighted by Gasteiger charge is 2.33. The van der Waals surface area contributed by atoms with Crippen LogP contribution in [0.15, 0.2) is 0 Å². The van der Waals surface area contributed by atoms with Crippen LogP contribution in [0.1, 0.15) is 19.3 Å². The summed E-state index contributed by atoms with van der Waals surface area (Å²) in [5.41, 5.74) is 0. The molecule has 3 nitrogen and oxygen atoms in total. The third-order valence-corrected chi connectivity index (χ3v) is 4.80. The third kappa shape index (κ3) is 3.62. The molecule has 0 aromatic heterocycles. The number of nitrogens with one attached hydrogen (secondary N) is 1. The maximum atomic E-state index is 8.66. The highest BCUT2D eigenvalue weighted by Crippen LogP contribution is 2.26. The fourth-order valence-corrected chi connectivity index (χ4v) is 3.60. The molecule has 2 aliphatic rings. The largest absolute Gasteiger partial charge is 0.396 e. The SMILES string of the molecule is OCCCSCCNC1CCN2CCC1C2. The predicted molar refractivity (Wildman–Crippen MR) is 70.0 cm³/mol. The molecule has 3 unspecified atom stereocenters. The molecule has 0 aromatic rings. The average Bonchev–Trinajstić information content (AvgIpc) is 2.69. The summed E-state index contributed by atoms with van der Waals surface area (Å²) in [6, 6.07) is 0.775. The highest BCUT2D eigenvalue weighted by atomic mass is 32.2. The smallest absolute Gasteiger partial charge is 0.0438 e. The van der Waals surface area contributed by atoms with Gasteiger partial charge in [0, 0.05) is 31.5 Å². The van der Waals surface area contributed by atoms with Crippen LogP contribution in [0.5, 0.6) is 0 Å². The fourth-order valence-electron chi connectivity index (χ4n) is 2.81. The van der Waals surface area contributed by atoms with Gasteiger partial charge in [0.05, 0.1) is 0 Å². The molecule has 2 N–H and O–H groups in total. The van der Waals surface area contributed by atoms with Crippen LogP contribution in [0, 0.1) is 5.92 Å². The number of nitrogens with zero attached hydrogens (tertiary/aromatic N) is 1. The Kier molecular flexibility index (Phi) is 5.42. The van der Waals surface area contributed by atoms with Crippen molar-refractivity contribution < 1.29 is 5.11 Å². The van der Waals surface area contributed by atoms with Gasteiger partial charge >= 0.3 is 0 Å². The van der Waals surface area contributed by atoms with E-state index in [1.54, 1.807) is 0 Å². The van der Waals surface area contributed by atoms with Crippen LogP contribution < -0.4 is 5.32 Å². The van der Waals surface area contributed by atoms with Crippen molar-refractivity contribution in [2.45, 2.75) is 25.3 Å². The molecule has 0 saturated carbocycles. The van der Waals surface area contributed by atoms with E-state index >= 15 is 0 Å². The second-order valence-electron chi connectivity index (χ2n) is 4.89. The first-order chi connectivity index (χ1) is 7.90. The molecule has 2 fully saturated rings. The zero-order valence-electron chi connectivity index (χ0n) is 10.0. The minimum absolute atomic E-state index is 0.334. The molecular weight excluding hydrogens is 220 g/mol. The molecule has 2 rings (SSSR count). The normalized spacial score (nSPS) is 33.2. The summed E-state index contributed by atoms with van der Waals surface area (Å²) in [5, 5.41) is 12.4. The van der Waals surface area contributed by atoms with Gasteiger partial charge in [-0.2, -0.15) is 11.8 Å². The van der Waals surface area contributed by atoms with E-state index in [9.17, 15) is 0 Å². The number of aliphatic hydroxyl groups excluding tert-OH is 1. The van der Waals surface area contributed by atoms with Gasteiger partial charge in [-0.05, 0) is 44.0 Å². The first-order valence-corrected chi connectivity index (χ1v) is 7.70. The molecule has 0 radical (unpaired) electrons. The second-order valence-corrected chi connectivity index (χ2v) is 6.11. The topological polar surface area (TPSA) is 35.5 Å². The molecule has 2 heterocycles. The molecule has 2 saturated heterocycles. The lowest BCUT2D eigenvalue weighted by Crippen LogP contribution is -2.44. The van der Waals surface area contributed by atoms with E-state index in [1.165, 1.54) is 38.2 Å². The number of fused-ring (bicyclic) bond motifs is 2. The van der Waals surface area contributed by atoms with Gasteiger partial charge < -0.3 is 15.3 Å². The fraction of sp³-hybridized carbons (Fsp3) is 1.00. The summed E-state index contributed by atoms with van der Waals surface area (Å²) >= 11 is 1.95. The Morgan fingerprint density at radius 2 is 2.12 bits per heavy atom. The Balaban J connectivity index is 1.52. The molecule has 0 spiro atoms. The van der Waals surface area contributed by atoms with E-state index in [4.69, 9.17) is 5.11 Å². The average molecular weight is 244 g/mol. The van der Waals surface area contributed by atoms with Crippen molar-refractivity contribution in [2.24, 2.45) is 5.92 Å². The van der Waals surface area contributed by atoms with E-state index in [0.717, 1.165) is 30.7 Å². The Morgan fingerprint density at radius 1 is 1.25 bits per heavy atom. The van der Waals surface area contributed by atoms with Crippen molar-refractivity contribution in [3.63, 3.8) is 0 Å². The summed E-state index contributed by atoms with van der Waals surface area (Å²) in [6.45, 7) is 5.42. The monoisotopic (exact) mass is 244 g/mol. The summed E-state index contributed by atoms with van der Waals surface area (Å²) < 4.78 is 0. The first kappa shape index (κ1) is 12.7. The van der Waals surface area contributed by atoms with Gasteiger partial charge in [-0.15, -0.1) is 0 Å². The van der Waals surface area contributed by atoms with Crippen LogP contribution in [0.3, 0.4) is 0 Å². The molecule has 16 heavy (non-hydrogen) atoms. The van der Waals surface area contributed by atoms with Crippen molar-refractivity contribution in [2.75, 3.05) is 44.3 Å². The van der Waals surface area contributed by atoms with E-state index in [-0.39, 0.29) is 0 Å². The maximum absolute atomic E-state index is 8.66. The van der Waals surface area contributed by atoms with Crippen molar-refractivity contribution in [1.29, 1.82) is 0 Å². The maximum Gasteiger partial charge on any atom is 0.0438 e. The standard InChI is InChI=1S/C12H24N2OS/c15-7-1-8-16-9-4-13-12-3-6-14-5-2-11(12)10-14/h11-13,15H,1-10H2. The number of hydrogen-bond donors (Lipinski definition) is 2. The van der Waals surface area contributed by atoms with E-state index < -0.39 is 0 Å². The van der Waals surface area contributed by atoms with Gasteiger partial charge in [-0.1, -0.05) is 0 Å². The lowest BCUT2D eigenvalue weighted by molar-refractivity contribution is 0.223. The summed E-state index contributed by atoms with van der Waals surface area (Å²) in [6.07, 6.45) is 3.67. The van der Waals surface area contributed by atoms with Crippen LogP contribution in [0.2, 0.25) is 0 Å². The number of piperidine rings is 1. The predicted octanol–water partition coefficient (Wildman–Crippen LogP) is 0.786. The van der Waals surface area contributed by atoms with Gasteiger partial charge in [0.25, 0.3) is 0 Å². The van der Waals surface area contributed by atoms with Crippen LogP contribution in [0.25, 0.3) is 0 Å². The number of rotatable bonds is 7. The van der Waals surface area contributed by atoms with Crippen molar-refractivity contribution in [3.05, 3.63) is 0 Å². The van der Waals surface area contributed by atoms with Gasteiger partial charge in [0.15, 0.2) is 0 Å². The van der Waals surface area contributed by atoms with Gasteiger partial charge in [0.2, 0.25) is 0 Å². The van der Waals surface area contributed by atoms with E-state index in [1.807, 2.05) is 11.8 Å². The van der Waals surface area contributed by atoms with Crippen molar-refractivity contribution >= 4 is 11.8 Å². The minimum atomic E-state index is 0.334. The Morgan fingerprint density at radius 3 is 3.00 bits per heavy atom. The van der Waals surface area contributed by atoms with Crippen molar-refractivity contribution in [1.82, 2.24) is 10.2 Å². The Bertz CT molecular complexity index is 203. The minimum Gasteiger partial charge on any atom is -0.396 e. The molecule has 4 heteroatoms. The molecule has 0 aliphatic carbocycles. The summed E-state index contributed by atoms with van der Waals surface area (Å²) in [4.78, 5) is 2.60. The number of hydrogen-bond acceptors (Lipinski definition) is 4. The number of thioether (sulfide) groups is 1. The lowest BCUT2D eigenvalue weighted by Gasteiger charge is -2.31. The van der Waals surface area contributed by atoms with Gasteiger partial charge in [-0.3, -0.25) is 0 Å². The molecule has 0 amide bonds. The lowest BCUT2D eigenvalue weighted by atomic mass is 9.94. The zero-order valence-corrected chi connectivity index (χ0v) is 10.8. The van der Waals surface area contributed by atoms with Crippen molar-refractivity contribution in [3.8, 4) is 0 Å². The third-order valence-electron chi connectivity index (χ3n) is 3.73. The summed E-state index contributed by atoms with van der Waals surface area (Å²) in [7, 11) is 0. The Labute approximate surface area is 103 Å². The first-order valence-electron chi connectivity index (χ1n) is 6.54. The van der Waals surface area contributed by atoms with Crippen LogP contribution in [-0.4, -0.2) is 60.3 Å². The van der Waals surface area contributed by atoms with E-state index in [2.05, 4.69) is 10.2 Å². The second kappa shape index (κ2) is 6.84. The zero-order chi connectivity index (χ0) is 11.2. The Hall–Kier alpha value is 0.230. The van der Waals surface area contributed by atoms with E-state index in [0.29, 0.717) is 6.61 Å². The highest BCUT2D eigenvalue weighted by molar-refractivity contribution is 7.99.